The van der Waals surface area contributed by atoms with Gasteiger partial charge in [-0.25, -0.2) is 19.3 Å². The number of piperazine rings is 1. The maximum atomic E-state index is 13.1. The van der Waals surface area contributed by atoms with Crippen molar-refractivity contribution in [3.8, 4) is 11.6 Å². The van der Waals surface area contributed by atoms with Crippen molar-refractivity contribution in [2.45, 2.75) is 12.6 Å². The number of allylic oxidation sites excluding steroid dienone is 1. The summed E-state index contributed by atoms with van der Waals surface area (Å²) in [6.07, 6.45) is 3.18. The Labute approximate surface area is 207 Å². The van der Waals surface area contributed by atoms with Gasteiger partial charge in [0.15, 0.2) is 11.5 Å². The summed E-state index contributed by atoms with van der Waals surface area (Å²) in [6.45, 7) is 7.66. The van der Waals surface area contributed by atoms with Crippen LogP contribution in [-0.4, -0.2) is 68.5 Å². The maximum Gasteiger partial charge on any atom is 0.278 e. The molecule has 0 radical (unpaired) electrons. The van der Waals surface area contributed by atoms with Gasteiger partial charge in [0.25, 0.3) is 5.56 Å². The van der Waals surface area contributed by atoms with E-state index >= 15 is 0 Å². The van der Waals surface area contributed by atoms with Crippen molar-refractivity contribution in [1.29, 1.82) is 0 Å². The van der Waals surface area contributed by atoms with Crippen LogP contribution in [0.2, 0.25) is 0 Å². The number of hydrogen-bond donors (Lipinski definition) is 2. The van der Waals surface area contributed by atoms with Gasteiger partial charge in [-0.3, -0.25) is 4.79 Å². The molecule has 0 aliphatic carbocycles. The predicted octanol–water partition coefficient (Wildman–Crippen LogP) is 2.00. The first-order valence-electron chi connectivity index (χ1n) is 11.8. The van der Waals surface area contributed by atoms with Gasteiger partial charge in [0.1, 0.15) is 23.6 Å². The van der Waals surface area contributed by atoms with E-state index in [1.807, 2.05) is 12.1 Å². The largest absolute Gasteiger partial charge is 0.489 e. The van der Waals surface area contributed by atoms with Gasteiger partial charge in [-0.2, -0.15) is 4.98 Å². The molecular weight excluding hydrogens is 458 g/mol. The van der Waals surface area contributed by atoms with Crippen molar-refractivity contribution in [3.05, 3.63) is 65.6 Å². The van der Waals surface area contributed by atoms with E-state index in [2.05, 4.69) is 44.8 Å². The molecular formula is C25H27N9O2. The third kappa shape index (κ3) is 3.73. The minimum atomic E-state index is -0.229. The molecule has 4 aromatic rings. The number of fused-ring (bicyclic) bond motifs is 4. The number of nitrogens with zero attached hydrogens (tertiary/aromatic N) is 7. The predicted molar refractivity (Wildman–Crippen MR) is 139 cm³/mol. The molecule has 1 unspecified atom stereocenters. The zero-order valence-corrected chi connectivity index (χ0v) is 20.0. The number of anilines is 4. The van der Waals surface area contributed by atoms with E-state index in [4.69, 9.17) is 15.5 Å². The summed E-state index contributed by atoms with van der Waals surface area (Å²) in [4.78, 5) is 31.3. The van der Waals surface area contributed by atoms with E-state index in [-0.39, 0.29) is 12.1 Å². The van der Waals surface area contributed by atoms with Crippen LogP contribution in [0.4, 0.5) is 23.1 Å². The van der Waals surface area contributed by atoms with E-state index in [0.29, 0.717) is 41.3 Å². The summed E-state index contributed by atoms with van der Waals surface area (Å²) < 4.78 is 9.19. The lowest BCUT2D eigenvalue weighted by atomic mass is 10.1. The Morgan fingerprint density at radius 3 is 2.97 bits per heavy atom. The Balaban J connectivity index is 1.39. The van der Waals surface area contributed by atoms with Gasteiger partial charge in [0.05, 0.1) is 18.3 Å². The number of likely N-dealkylation sites (N-methyl/N-ethyl adjacent to an activating group) is 1. The van der Waals surface area contributed by atoms with Gasteiger partial charge >= 0.3 is 0 Å². The summed E-state index contributed by atoms with van der Waals surface area (Å²) in [7, 11) is 2.14. The van der Waals surface area contributed by atoms with Gasteiger partial charge < -0.3 is 25.6 Å². The number of ether oxygens (including phenoxy) is 1. The minimum Gasteiger partial charge on any atom is -0.489 e. The lowest BCUT2D eigenvalue weighted by molar-refractivity contribution is 0.188. The number of nitrogens with one attached hydrogen (secondary N) is 1. The first kappa shape index (κ1) is 22.1. The zero-order chi connectivity index (χ0) is 24.8. The van der Waals surface area contributed by atoms with E-state index in [9.17, 15) is 4.79 Å². The first-order valence-corrected chi connectivity index (χ1v) is 11.8. The number of aromatic nitrogens is 5. The summed E-state index contributed by atoms with van der Waals surface area (Å²) in [5, 5.41) is 3.68. The van der Waals surface area contributed by atoms with Crippen LogP contribution in [0.25, 0.3) is 16.9 Å². The number of benzene rings is 1. The molecule has 1 saturated heterocycles. The quantitative estimate of drug-likeness (QED) is 0.409. The molecule has 1 atom stereocenters. The normalized spacial score (nSPS) is 17.4. The molecule has 2 aliphatic heterocycles. The van der Waals surface area contributed by atoms with Crippen LogP contribution >= 0.6 is 0 Å². The molecule has 0 amide bonds. The van der Waals surface area contributed by atoms with Crippen LogP contribution in [-0.2, 0) is 6.54 Å². The van der Waals surface area contributed by atoms with Crippen LogP contribution < -0.4 is 26.2 Å². The highest BCUT2D eigenvalue weighted by Crippen LogP contribution is 2.37. The molecule has 5 heterocycles. The fraction of sp³-hybridized carbons (Fsp3) is 0.280. The molecule has 1 aromatic carbocycles. The fourth-order valence-electron chi connectivity index (χ4n) is 4.89. The Kier molecular flexibility index (Phi) is 5.33. The lowest BCUT2D eigenvalue weighted by Crippen LogP contribution is -2.56. The van der Waals surface area contributed by atoms with Crippen LogP contribution in [0, 0.1) is 0 Å². The molecule has 3 N–H and O–H groups in total. The fourth-order valence-corrected chi connectivity index (χ4v) is 4.89. The SMILES string of the molecule is C=CCn1c(=O)c2cnc(Nc3ccc4c(c3)N3CCN(C)CC3CO4)nc2n1-c1cccc(N)n1. The molecule has 11 heteroatoms. The Morgan fingerprint density at radius 2 is 2.14 bits per heavy atom. The van der Waals surface area contributed by atoms with Crippen molar-refractivity contribution in [3.63, 3.8) is 0 Å². The summed E-state index contributed by atoms with van der Waals surface area (Å²) in [6, 6.07) is 11.6. The molecule has 11 nitrogen and oxygen atoms in total. The van der Waals surface area contributed by atoms with Crippen LogP contribution in [0.1, 0.15) is 0 Å². The lowest BCUT2D eigenvalue weighted by Gasteiger charge is -2.44. The Bertz CT molecular complexity index is 1530. The molecule has 184 valence electrons. The maximum absolute atomic E-state index is 13.1. The number of hydrogen-bond acceptors (Lipinski definition) is 9. The number of nitrogens with two attached hydrogens (primary N) is 1. The van der Waals surface area contributed by atoms with Crippen LogP contribution in [0.5, 0.6) is 5.75 Å². The van der Waals surface area contributed by atoms with Crippen molar-refractivity contribution < 1.29 is 4.74 Å². The second-order valence-electron chi connectivity index (χ2n) is 9.07. The van der Waals surface area contributed by atoms with Crippen molar-refractivity contribution in [1.82, 2.24) is 29.2 Å². The number of rotatable bonds is 5. The monoisotopic (exact) mass is 485 g/mol. The molecule has 0 saturated carbocycles. The molecule has 6 rings (SSSR count). The standard InChI is InChI=1S/C25H27N9O2/c1-3-9-33-24(35)18-13-27-25(30-23(18)34(33)22-6-4-5-21(26)29-22)28-16-7-8-20-19(12-16)32-11-10-31(2)14-17(32)15-36-20/h3-8,12-13,17H,1,9-11,14-15H2,2H3,(H2,26,29)(H,27,28,30). The topological polar surface area (TPSA) is 119 Å². The van der Waals surface area contributed by atoms with Gasteiger partial charge in [-0.05, 0) is 37.4 Å². The third-order valence-electron chi connectivity index (χ3n) is 6.59. The summed E-state index contributed by atoms with van der Waals surface area (Å²) >= 11 is 0. The average molecular weight is 486 g/mol. The Morgan fingerprint density at radius 1 is 1.25 bits per heavy atom. The Hall–Kier alpha value is -4.38. The number of nitrogen functional groups attached to an aromatic ring is 1. The second-order valence-corrected chi connectivity index (χ2v) is 9.07. The molecule has 0 bridgehead atoms. The minimum absolute atomic E-state index is 0.229. The highest BCUT2D eigenvalue weighted by Gasteiger charge is 2.31. The highest BCUT2D eigenvalue weighted by molar-refractivity contribution is 5.77. The van der Waals surface area contributed by atoms with E-state index < -0.39 is 0 Å². The molecule has 1 fully saturated rings. The van der Waals surface area contributed by atoms with E-state index in [1.165, 1.54) is 10.9 Å². The van der Waals surface area contributed by atoms with Crippen LogP contribution in [0.3, 0.4) is 0 Å². The van der Waals surface area contributed by atoms with Crippen LogP contribution in [0.15, 0.2) is 60.0 Å². The first-order chi connectivity index (χ1) is 17.5. The van der Waals surface area contributed by atoms with E-state index in [1.54, 1.807) is 29.0 Å². The summed E-state index contributed by atoms with van der Waals surface area (Å²) in [5.41, 5.74) is 8.01. The van der Waals surface area contributed by atoms with Crippen molar-refractivity contribution >= 4 is 34.2 Å². The smallest absolute Gasteiger partial charge is 0.278 e. The van der Waals surface area contributed by atoms with Crippen molar-refractivity contribution in [2.24, 2.45) is 0 Å². The van der Waals surface area contributed by atoms with E-state index in [0.717, 1.165) is 36.8 Å². The van der Waals surface area contributed by atoms with Gasteiger partial charge in [0, 0.05) is 31.5 Å². The molecule has 3 aromatic heterocycles. The van der Waals surface area contributed by atoms with Gasteiger partial charge in [-0.15, -0.1) is 6.58 Å². The molecule has 36 heavy (non-hydrogen) atoms. The van der Waals surface area contributed by atoms with Gasteiger partial charge in [-0.1, -0.05) is 12.1 Å². The highest BCUT2D eigenvalue weighted by atomic mass is 16.5. The third-order valence-corrected chi connectivity index (χ3v) is 6.59. The summed E-state index contributed by atoms with van der Waals surface area (Å²) in [5.74, 6) is 2.07. The second kappa shape index (κ2) is 8.68. The zero-order valence-electron chi connectivity index (χ0n) is 20.0. The molecule has 2 aliphatic rings. The average Bonchev–Trinajstić information content (AvgIpc) is 3.14. The van der Waals surface area contributed by atoms with Crippen molar-refractivity contribution in [2.75, 3.05) is 49.2 Å². The number of pyridine rings is 1. The molecule has 0 spiro atoms. The van der Waals surface area contributed by atoms with Gasteiger partial charge in [0.2, 0.25) is 5.95 Å².